The van der Waals surface area contributed by atoms with Gasteiger partial charge in [-0.05, 0) is 79.5 Å². The second kappa shape index (κ2) is 11.2. The van der Waals surface area contributed by atoms with Gasteiger partial charge < -0.3 is 16.0 Å². The number of H-pyrrole nitrogens is 1. The van der Waals surface area contributed by atoms with Crippen molar-refractivity contribution < 1.29 is 13.2 Å². The van der Waals surface area contributed by atoms with Crippen LogP contribution < -0.4 is 11.1 Å². The number of nitrogens with zero attached hydrogens (tertiary/aromatic N) is 1. The van der Waals surface area contributed by atoms with Crippen LogP contribution in [0.4, 0.5) is 0 Å². The fraction of sp³-hybridized carbons (Fsp3) is 0.464. The van der Waals surface area contributed by atoms with Crippen LogP contribution in [0.2, 0.25) is 0 Å². The van der Waals surface area contributed by atoms with Gasteiger partial charge in [0.15, 0.2) is 0 Å². The maximum atomic E-state index is 12.4. The quantitative estimate of drug-likeness (QED) is 0.366. The topological polar surface area (TPSA) is 108 Å². The molecule has 1 saturated heterocycles. The highest BCUT2D eigenvalue weighted by molar-refractivity contribution is 7.89. The first kappa shape index (κ1) is 26.4. The lowest BCUT2D eigenvalue weighted by atomic mass is 9.88. The van der Waals surface area contributed by atoms with Gasteiger partial charge in [-0.25, -0.2) is 12.7 Å². The monoisotopic (exact) mass is 510 g/mol. The summed E-state index contributed by atoms with van der Waals surface area (Å²) in [5.41, 5.74) is 11.3. The van der Waals surface area contributed by atoms with Gasteiger partial charge in [0.05, 0.1) is 16.8 Å². The van der Waals surface area contributed by atoms with Crippen molar-refractivity contribution in [1.82, 2.24) is 14.6 Å². The number of hydrogen-bond donors (Lipinski definition) is 3. The molecule has 1 aliphatic rings. The van der Waals surface area contributed by atoms with E-state index < -0.39 is 15.9 Å². The molecule has 1 atom stereocenters. The summed E-state index contributed by atoms with van der Waals surface area (Å²) in [5, 5.41) is 4.56. The molecule has 3 aromatic rings. The average Bonchev–Trinajstić information content (AvgIpc) is 3.31. The molecule has 0 spiro atoms. The van der Waals surface area contributed by atoms with Gasteiger partial charge >= 0.3 is 0 Å². The Morgan fingerprint density at radius 3 is 2.58 bits per heavy atom. The van der Waals surface area contributed by atoms with Crippen LogP contribution in [0.15, 0.2) is 42.6 Å². The number of sulfonamides is 1. The van der Waals surface area contributed by atoms with E-state index in [0.29, 0.717) is 24.7 Å². The first-order chi connectivity index (χ1) is 17.2. The maximum absolute atomic E-state index is 12.4. The molecule has 0 aliphatic carbocycles. The number of fused-ring (bicyclic) bond motifs is 1. The molecule has 4 rings (SSSR count). The molecule has 4 N–H and O–H groups in total. The Morgan fingerprint density at radius 2 is 1.92 bits per heavy atom. The van der Waals surface area contributed by atoms with Crippen LogP contribution in [0.1, 0.15) is 73.9 Å². The highest BCUT2D eigenvalue weighted by Crippen LogP contribution is 2.37. The minimum atomic E-state index is -3.18. The largest absolute Gasteiger partial charge is 0.366 e. The Bertz CT molecular complexity index is 1320. The fourth-order valence-electron chi connectivity index (χ4n) is 5.27. The normalized spacial score (nSPS) is 16.4. The number of carbonyl (C=O) groups is 1. The van der Waals surface area contributed by atoms with Gasteiger partial charge in [0, 0.05) is 37.3 Å². The summed E-state index contributed by atoms with van der Waals surface area (Å²) in [6.45, 7) is 7.90. The van der Waals surface area contributed by atoms with Crippen molar-refractivity contribution in [1.29, 1.82) is 0 Å². The second-order valence-electron chi connectivity index (χ2n) is 9.90. The zero-order valence-electron chi connectivity index (χ0n) is 21.5. The third-order valence-electron chi connectivity index (χ3n) is 7.38. The lowest BCUT2D eigenvalue weighted by Crippen LogP contribution is -2.38. The van der Waals surface area contributed by atoms with Crippen molar-refractivity contribution in [2.24, 2.45) is 5.73 Å². The van der Waals surface area contributed by atoms with E-state index in [1.165, 1.54) is 5.56 Å². The molecule has 1 aliphatic heterocycles. The number of carbonyl (C=O) groups excluding carboxylic acids is 1. The van der Waals surface area contributed by atoms with Gasteiger partial charge in [-0.1, -0.05) is 31.5 Å². The molecule has 1 amide bonds. The number of primary amides is 1. The zero-order chi connectivity index (χ0) is 25.9. The average molecular weight is 511 g/mol. The summed E-state index contributed by atoms with van der Waals surface area (Å²) in [7, 11) is -3.18. The fourth-order valence-corrected chi connectivity index (χ4v) is 6.40. The van der Waals surface area contributed by atoms with Crippen molar-refractivity contribution >= 4 is 26.8 Å². The third kappa shape index (κ3) is 5.66. The summed E-state index contributed by atoms with van der Waals surface area (Å²) < 4.78 is 26.2. The molecular formula is C28H38N4O3S. The Labute approximate surface area is 214 Å². The van der Waals surface area contributed by atoms with Gasteiger partial charge in [0.25, 0.3) is 5.91 Å². The Balaban J connectivity index is 1.65. The highest BCUT2D eigenvalue weighted by atomic mass is 32.2. The van der Waals surface area contributed by atoms with E-state index in [1.807, 2.05) is 18.3 Å². The summed E-state index contributed by atoms with van der Waals surface area (Å²) >= 11 is 0. The highest BCUT2D eigenvalue weighted by Gasteiger charge is 2.29. The molecule has 1 unspecified atom stereocenters. The summed E-state index contributed by atoms with van der Waals surface area (Å²) in [6, 6.07) is 12.8. The summed E-state index contributed by atoms with van der Waals surface area (Å²) in [5.74, 6) is -0.124. The molecule has 0 radical (unpaired) electrons. The predicted octanol–water partition coefficient (Wildman–Crippen LogP) is 4.74. The van der Waals surface area contributed by atoms with E-state index in [-0.39, 0.29) is 11.7 Å². The van der Waals surface area contributed by atoms with Crippen LogP contribution in [0, 0.1) is 0 Å². The molecule has 194 valence electrons. The SMILES string of the molecule is CCCC(C)NCc1cccc(-c2cc(C(N)=O)c3[nH]cc(C4CCN(S(=O)(=O)CC)CC4)c3c2)c1. The summed E-state index contributed by atoms with van der Waals surface area (Å²) in [6.07, 6.45) is 5.75. The molecule has 2 aromatic carbocycles. The van der Waals surface area contributed by atoms with E-state index in [1.54, 1.807) is 11.2 Å². The van der Waals surface area contributed by atoms with Gasteiger partial charge in [0.1, 0.15) is 0 Å². The van der Waals surface area contributed by atoms with Gasteiger partial charge in [-0.2, -0.15) is 0 Å². The lowest BCUT2D eigenvalue weighted by molar-refractivity contribution is 0.100. The standard InChI is InChI=1S/C28H38N4O3S/c1-4-7-19(3)30-17-20-8-6-9-22(14-20)23-15-24-26(18-31-27(24)25(16-23)28(29)33)21-10-12-32(13-11-21)36(34,35)5-2/h6,8-9,14-16,18-19,21,30-31H,4-5,7,10-13,17H2,1-3H3,(H2,29,33). The Kier molecular flexibility index (Phi) is 8.17. The number of piperidine rings is 1. The van der Waals surface area contributed by atoms with E-state index >= 15 is 0 Å². The predicted molar refractivity (Wildman–Crippen MR) is 146 cm³/mol. The number of rotatable bonds is 10. The molecule has 7 nitrogen and oxygen atoms in total. The van der Waals surface area contributed by atoms with Crippen LogP contribution in [-0.2, 0) is 16.6 Å². The number of amides is 1. The van der Waals surface area contributed by atoms with Gasteiger partial charge in [0.2, 0.25) is 10.0 Å². The maximum Gasteiger partial charge on any atom is 0.250 e. The van der Waals surface area contributed by atoms with E-state index in [4.69, 9.17) is 5.73 Å². The van der Waals surface area contributed by atoms with Crippen molar-refractivity contribution in [3.8, 4) is 11.1 Å². The molecule has 1 fully saturated rings. The van der Waals surface area contributed by atoms with Crippen LogP contribution in [0.3, 0.4) is 0 Å². The first-order valence-corrected chi connectivity index (χ1v) is 14.6. The van der Waals surface area contributed by atoms with Crippen LogP contribution >= 0.6 is 0 Å². The third-order valence-corrected chi connectivity index (χ3v) is 9.26. The smallest absolute Gasteiger partial charge is 0.250 e. The number of benzene rings is 2. The first-order valence-electron chi connectivity index (χ1n) is 13.0. The lowest BCUT2D eigenvalue weighted by Gasteiger charge is -2.31. The minimum Gasteiger partial charge on any atom is -0.366 e. The van der Waals surface area contributed by atoms with Crippen LogP contribution in [0.25, 0.3) is 22.0 Å². The zero-order valence-corrected chi connectivity index (χ0v) is 22.3. The number of nitrogens with one attached hydrogen (secondary N) is 2. The Morgan fingerprint density at radius 1 is 1.17 bits per heavy atom. The molecule has 36 heavy (non-hydrogen) atoms. The van der Waals surface area contributed by atoms with Crippen molar-refractivity contribution in [2.75, 3.05) is 18.8 Å². The minimum absolute atomic E-state index is 0.127. The molecule has 1 aromatic heterocycles. The van der Waals surface area contributed by atoms with Gasteiger partial charge in [-0.15, -0.1) is 0 Å². The molecular weight excluding hydrogens is 472 g/mol. The van der Waals surface area contributed by atoms with E-state index in [0.717, 1.165) is 59.8 Å². The number of nitrogens with two attached hydrogens (primary N) is 1. The Hall–Kier alpha value is -2.68. The number of aromatic amines is 1. The molecule has 0 bridgehead atoms. The number of hydrogen-bond acceptors (Lipinski definition) is 4. The van der Waals surface area contributed by atoms with Crippen LogP contribution in [-0.4, -0.2) is 48.5 Å². The van der Waals surface area contributed by atoms with E-state index in [2.05, 4.69) is 48.4 Å². The number of aromatic nitrogens is 1. The van der Waals surface area contributed by atoms with E-state index in [9.17, 15) is 13.2 Å². The molecule has 8 heteroatoms. The summed E-state index contributed by atoms with van der Waals surface area (Å²) in [4.78, 5) is 15.7. The molecule has 0 saturated carbocycles. The molecule has 2 heterocycles. The van der Waals surface area contributed by atoms with Crippen LogP contribution in [0.5, 0.6) is 0 Å². The van der Waals surface area contributed by atoms with Crippen molar-refractivity contribution in [2.45, 2.75) is 65.0 Å². The van der Waals surface area contributed by atoms with Gasteiger partial charge in [-0.3, -0.25) is 4.79 Å². The van der Waals surface area contributed by atoms with Crippen molar-refractivity contribution in [3.63, 3.8) is 0 Å². The second-order valence-corrected chi connectivity index (χ2v) is 12.2. The van der Waals surface area contributed by atoms with Crippen molar-refractivity contribution in [3.05, 3.63) is 59.3 Å².